The van der Waals surface area contributed by atoms with E-state index in [0.717, 1.165) is 16.7 Å². The lowest BCUT2D eigenvalue weighted by molar-refractivity contribution is 0.628. The van der Waals surface area contributed by atoms with Crippen molar-refractivity contribution in [3.8, 4) is 11.1 Å². The van der Waals surface area contributed by atoms with Gasteiger partial charge in [0.2, 0.25) is 0 Å². The number of halogens is 2. The molecule has 0 aliphatic rings. The zero-order chi connectivity index (χ0) is 12.4. The molecule has 17 heavy (non-hydrogen) atoms. The van der Waals surface area contributed by atoms with E-state index in [1.165, 1.54) is 12.1 Å². The summed E-state index contributed by atoms with van der Waals surface area (Å²) in [6.45, 7) is 5.78. The second-order valence-corrected chi connectivity index (χ2v) is 4.33. The summed E-state index contributed by atoms with van der Waals surface area (Å²) in [6.07, 6.45) is 1.75. The fraction of sp³-hybridized carbons (Fsp3) is 0.0667. The largest absolute Gasteiger partial charge is 0.207 e. The summed E-state index contributed by atoms with van der Waals surface area (Å²) in [7, 11) is 0. The van der Waals surface area contributed by atoms with Crippen LogP contribution in [0.1, 0.15) is 11.1 Å². The van der Waals surface area contributed by atoms with Gasteiger partial charge in [-0.1, -0.05) is 48.0 Å². The minimum atomic E-state index is -0.292. The zero-order valence-electron chi connectivity index (χ0n) is 9.50. The van der Waals surface area contributed by atoms with Crippen molar-refractivity contribution < 1.29 is 4.39 Å². The Labute approximate surface area is 105 Å². The first-order chi connectivity index (χ1) is 8.11. The molecule has 0 N–H and O–H groups in total. The Morgan fingerprint density at radius 1 is 1.12 bits per heavy atom. The molecule has 0 saturated carbocycles. The molecule has 0 spiro atoms. The van der Waals surface area contributed by atoms with E-state index in [1.807, 2.05) is 25.1 Å². The van der Waals surface area contributed by atoms with Gasteiger partial charge in [0, 0.05) is 10.6 Å². The zero-order valence-corrected chi connectivity index (χ0v) is 10.3. The molecule has 2 aromatic carbocycles. The highest BCUT2D eigenvalue weighted by molar-refractivity contribution is 6.33. The third-order valence-corrected chi connectivity index (χ3v) is 2.98. The van der Waals surface area contributed by atoms with Gasteiger partial charge in [-0.15, -0.1) is 0 Å². The molecule has 0 heterocycles. The van der Waals surface area contributed by atoms with E-state index in [2.05, 4.69) is 6.58 Å². The van der Waals surface area contributed by atoms with Gasteiger partial charge in [-0.05, 0) is 36.2 Å². The standard InChI is InChI=1S/C15H12ClF/c1-3-11-8-10(2)4-6-13(11)14-9-12(17)5-7-15(14)16/h3-9H,1H2,2H3. The van der Waals surface area contributed by atoms with Crippen LogP contribution in [0, 0.1) is 12.7 Å². The molecular formula is C15H12ClF. The van der Waals surface area contributed by atoms with Gasteiger partial charge in [0.15, 0.2) is 0 Å². The van der Waals surface area contributed by atoms with E-state index in [1.54, 1.807) is 12.1 Å². The average molecular weight is 247 g/mol. The molecule has 0 radical (unpaired) electrons. The second kappa shape index (κ2) is 4.72. The van der Waals surface area contributed by atoms with Crippen LogP contribution in [0.5, 0.6) is 0 Å². The molecule has 0 saturated heterocycles. The molecule has 2 rings (SSSR count). The Bertz CT molecular complexity index is 573. The monoisotopic (exact) mass is 246 g/mol. The lowest BCUT2D eigenvalue weighted by Gasteiger charge is -2.09. The molecule has 0 nitrogen and oxygen atoms in total. The number of hydrogen-bond donors (Lipinski definition) is 0. The Morgan fingerprint density at radius 2 is 1.88 bits per heavy atom. The van der Waals surface area contributed by atoms with E-state index in [9.17, 15) is 4.39 Å². The summed E-state index contributed by atoms with van der Waals surface area (Å²) >= 11 is 6.10. The number of benzene rings is 2. The third kappa shape index (κ3) is 2.40. The van der Waals surface area contributed by atoms with Gasteiger partial charge in [-0.25, -0.2) is 4.39 Å². The quantitative estimate of drug-likeness (QED) is 0.692. The number of rotatable bonds is 2. The molecule has 2 aromatic rings. The maximum atomic E-state index is 13.3. The van der Waals surface area contributed by atoms with E-state index in [4.69, 9.17) is 11.6 Å². The maximum Gasteiger partial charge on any atom is 0.123 e. The summed E-state index contributed by atoms with van der Waals surface area (Å²) in [5, 5.41) is 0.540. The Balaban J connectivity index is 2.67. The highest BCUT2D eigenvalue weighted by atomic mass is 35.5. The lowest BCUT2D eigenvalue weighted by atomic mass is 9.98. The van der Waals surface area contributed by atoms with Gasteiger partial charge in [0.05, 0.1) is 0 Å². The molecule has 2 heteroatoms. The predicted octanol–water partition coefficient (Wildman–Crippen LogP) is 5.10. The summed E-state index contributed by atoms with van der Waals surface area (Å²) in [5.41, 5.74) is 3.69. The maximum absolute atomic E-state index is 13.3. The molecule has 0 aromatic heterocycles. The van der Waals surface area contributed by atoms with Crippen LogP contribution in [0.25, 0.3) is 17.2 Å². The van der Waals surface area contributed by atoms with Crippen LogP contribution < -0.4 is 0 Å². The van der Waals surface area contributed by atoms with Crippen molar-refractivity contribution in [1.29, 1.82) is 0 Å². The van der Waals surface area contributed by atoms with Crippen LogP contribution in [0.4, 0.5) is 4.39 Å². The minimum absolute atomic E-state index is 0.292. The van der Waals surface area contributed by atoms with Gasteiger partial charge in [0.25, 0.3) is 0 Å². The highest BCUT2D eigenvalue weighted by Gasteiger charge is 2.08. The smallest absolute Gasteiger partial charge is 0.123 e. The first-order valence-corrected chi connectivity index (χ1v) is 5.68. The average Bonchev–Trinajstić information content (AvgIpc) is 2.32. The molecule has 0 aliphatic heterocycles. The number of aryl methyl sites for hydroxylation is 1. The fourth-order valence-electron chi connectivity index (χ4n) is 1.80. The van der Waals surface area contributed by atoms with Crippen LogP contribution in [-0.4, -0.2) is 0 Å². The topological polar surface area (TPSA) is 0 Å². The van der Waals surface area contributed by atoms with Crippen LogP contribution >= 0.6 is 11.6 Å². The third-order valence-electron chi connectivity index (χ3n) is 2.65. The van der Waals surface area contributed by atoms with Crippen molar-refractivity contribution in [1.82, 2.24) is 0 Å². The van der Waals surface area contributed by atoms with Crippen LogP contribution in [0.2, 0.25) is 5.02 Å². The normalized spacial score (nSPS) is 10.3. The first-order valence-electron chi connectivity index (χ1n) is 5.30. The Morgan fingerprint density at radius 3 is 2.59 bits per heavy atom. The van der Waals surface area contributed by atoms with E-state index < -0.39 is 0 Å². The predicted molar refractivity (Wildman–Crippen MR) is 71.7 cm³/mol. The summed E-state index contributed by atoms with van der Waals surface area (Å²) in [6, 6.07) is 10.3. The van der Waals surface area contributed by atoms with Gasteiger partial charge < -0.3 is 0 Å². The molecule has 86 valence electrons. The number of hydrogen-bond acceptors (Lipinski definition) is 0. The van der Waals surface area contributed by atoms with Crippen molar-refractivity contribution in [2.24, 2.45) is 0 Å². The Hall–Kier alpha value is -1.60. The van der Waals surface area contributed by atoms with Crippen molar-refractivity contribution >= 4 is 17.7 Å². The van der Waals surface area contributed by atoms with Gasteiger partial charge in [-0.2, -0.15) is 0 Å². The van der Waals surface area contributed by atoms with Crippen molar-refractivity contribution in [2.75, 3.05) is 0 Å². The van der Waals surface area contributed by atoms with Gasteiger partial charge in [0.1, 0.15) is 5.82 Å². The van der Waals surface area contributed by atoms with Gasteiger partial charge in [-0.3, -0.25) is 0 Å². The first kappa shape index (κ1) is 11.9. The fourth-order valence-corrected chi connectivity index (χ4v) is 2.02. The second-order valence-electron chi connectivity index (χ2n) is 3.92. The van der Waals surface area contributed by atoms with Gasteiger partial charge >= 0.3 is 0 Å². The summed E-state index contributed by atoms with van der Waals surface area (Å²) < 4.78 is 13.3. The molecule has 0 amide bonds. The Kier molecular flexibility index (Phi) is 3.30. The molecular weight excluding hydrogens is 235 g/mol. The van der Waals surface area contributed by atoms with Crippen LogP contribution in [0.3, 0.4) is 0 Å². The van der Waals surface area contributed by atoms with Crippen LogP contribution in [0.15, 0.2) is 43.0 Å². The molecule has 0 atom stereocenters. The van der Waals surface area contributed by atoms with Crippen molar-refractivity contribution in [3.05, 3.63) is 64.9 Å². The summed E-state index contributed by atoms with van der Waals surface area (Å²) in [4.78, 5) is 0. The lowest BCUT2D eigenvalue weighted by Crippen LogP contribution is -1.87. The molecule has 0 fully saturated rings. The van der Waals surface area contributed by atoms with E-state index in [-0.39, 0.29) is 5.82 Å². The molecule has 0 unspecified atom stereocenters. The van der Waals surface area contributed by atoms with Crippen molar-refractivity contribution in [3.63, 3.8) is 0 Å². The van der Waals surface area contributed by atoms with E-state index in [0.29, 0.717) is 10.6 Å². The summed E-state index contributed by atoms with van der Waals surface area (Å²) in [5.74, 6) is -0.292. The SMILES string of the molecule is C=Cc1cc(C)ccc1-c1cc(F)ccc1Cl. The highest BCUT2D eigenvalue weighted by Crippen LogP contribution is 2.32. The molecule has 0 aliphatic carbocycles. The van der Waals surface area contributed by atoms with Crippen molar-refractivity contribution in [2.45, 2.75) is 6.92 Å². The minimum Gasteiger partial charge on any atom is -0.207 e. The van der Waals surface area contributed by atoms with Crippen LogP contribution in [-0.2, 0) is 0 Å². The van der Waals surface area contributed by atoms with E-state index >= 15 is 0 Å². The molecule has 0 bridgehead atoms.